The second kappa shape index (κ2) is 11.4. The van der Waals surface area contributed by atoms with Crippen LogP contribution in [0.2, 0.25) is 0 Å². The SMILES string of the molecule is CCc1cc(C(C)=O)ccc1/C(C)=C/c1cccc(-c2ccc(OC3CCOCC3)c(C#N)c2)c1C. The van der Waals surface area contributed by atoms with Crippen molar-refractivity contribution in [2.24, 2.45) is 0 Å². The molecule has 0 bridgehead atoms. The predicted molar refractivity (Wildman–Crippen MR) is 145 cm³/mol. The van der Waals surface area contributed by atoms with Crippen molar-refractivity contribution in [2.75, 3.05) is 13.2 Å². The Morgan fingerprint density at radius 3 is 2.58 bits per heavy atom. The Labute approximate surface area is 214 Å². The van der Waals surface area contributed by atoms with E-state index in [1.807, 2.05) is 30.3 Å². The zero-order valence-electron chi connectivity index (χ0n) is 21.6. The molecule has 3 aromatic carbocycles. The van der Waals surface area contributed by atoms with Gasteiger partial charge in [0, 0.05) is 18.4 Å². The highest BCUT2D eigenvalue weighted by Gasteiger charge is 2.18. The van der Waals surface area contributed by atoms with Crippen LogP contribution in [0.3, 0.4) is 0 Å². The quantitative estimate of drug-likeness (QED) is 0.261. The van der Waals surface area contributed by atoms with Crippen LogP contribution in [-0.2, 0) is 11.2 Å². The van der Waals surface area contributed by atoms with Crippen molar-refractivity contribution >= 4 is 17.4 Å². The molecule has 0 N–H and O–H groups in total. The largest absolute Gasteiger partial charge is 0.489 e. The Bertz CT molecular complexity index is 1340. The molecule has 0 unspecified atom stereocenters. The number of hydrogen-bond donors (Lipinski definition) is 0. The van der Waals surface area contributed by atoms with Gasteiger partial charge < -0.3 is 9.47 Å². The number of nitrogens with zero attached hydrogens (tertiary/aromatic N) is 1. The summed E-state index contributed by atoms with van der Waals surface area (Å²) in [5.74, 6) is 0.723. The third kappa shape index (κ3) is 5.58. The van der Waals surface area contributed by atoms with Crippen molar-refractivity contribution in [1.29, 1.82) is 5.26 Å². The first-order chi connectivity index (χ1) is 17.4. The van der Waals surface area contributed by atoms with Crippen LogP contribution in [0.4, 0.5) is 0 Å². The van der Waals surface area contributed by atoms with Crippen LogP contribution in [-0.4, -0.2) is 25.1 Å². The molecule has 1 saturated heterocycles. The van der Waals surface area contributed by atoms with E-state index in [1.54, 1.807) is 6.92 Å². The zero-order valence-corrected chi connectivity index (χ0v) is 21.6. The molecule has 1 heterocycles. The van der Waals surface area contributed by atoms with Crippen molar-refractivity contribution in [3.8, 4) is 22.9 Å². The second-order valence-electron chi connectivity index (χ2n) is 9.38. The summed E-state index contributed by atoms with van der Waals surface area (Å²) in [5, 5.41) is 9.81. The number of hydrogen-bond acceptors (Lipinski definition) is 4. The van der Waals surface area contributed by atoms with Gasteiger partial charge in [-0.1, -0.05) is 49.4 Å². The third-order valence-corrected chi connectivity index (χ3v) is 6.94. The maximum atomic E-state index is 11.8. The molecule has 0 amide bonds. The molecule has 1 fully saturated rings. The highest BCUT2D eigenvalue weighted by atomic mass is 16.5. The van der Waals surface area contributed by atoms with E-state index in [4.69, 9.17) is 9.47 Å². The smallest absolute Gasteiger partial charge is 0.159 e. The van der Waals surface area contributed by atoms with Gasteiger partial charge in [0.05, 0.1) is 18.8 Å². The number of ether oxygens (including phenoxy) is 2. The fourth-order valence-corrected chi connectivity index (χ4v) is 4.78. The van der Waals surface area contributed by atoms with Crippen LogP contribution in [0.5, 0.6) is 5.75 Å². The van der Waals surface area contributed by atoms with Gasteiger partial charge in [0.15, 0.2) is 5.78 Å². The molecule has 4 heteroatoms. The monoisotopic (exact) mass is 479 g/mol. The molecule has 0 aliphatic carbocycles. The maximum absolute atomic E-state index is 11.8. The summed E-state index contributed by atoms with van der Waals surface area (Å²) in [5.41, 5.74) is 9.15. The van der Waals surface area contributed by atoms with Gasteiger partial charge in [-0.05, 0) is 84.3 Å². The predicted octanol–water partition coefficient (Wildman–Crippen LogP) is 7.42. The molecule has 0 radical (unpaired) electrons. The van der Waals surface area contributed by atoms with Gasteiger partial charge in [-0.3, -0.25) is 4.79 Å². The third-order valence-electron chi connectivity index (χ3n) is 6.94. The first-order valence-electron chi connectivity index (χ1n) is 12.6. The minimum atomic E-state index is 0.0855. The molecule has 3 aromatic rings. The fraction of sp³-hybridized carbons (Fsp3) is 0.312. The minimum absolute atomic E-state index is 0.0855. The molecule has 36 heavy (non-hydrogen) atoms. The topological polar surface area (TPSA) is 59.3 Å². The molecular weight excluding hydrogens is 446 g/mol. The fourth-order valence-electron chi connectivity index (χ4n) is 4.78. The number of aryl methyl sites for hydroxylation is 1. The minimum Gasteiger partial charge on any atom is -0.489 e. The molecular formula is C32H33NO3. The number of rotatable bonds is 7. The Balaban J connectivity index is 1.65. The Kier molecular flexibility index (Phi) is 8.03. The normalized spacial score (nSPS) is 14.4. The summed E-state index contributed by atoms with van der Waals surface area (Å²) in [6, 6.07) is 20.4. The average molecular weight is 480 g/mol. The lowest BCUT2D eigenvalue weighted by Crippen LogP contribution is -2.26. The lowest BCUT2D eigenvalue weighted by molar-refractivity contribution is 0.0254. The Morgan fingerprint density at radius 1 is 1.11 bits per heavy atom. The van der Waals surface area contributed by atoms with E-state index in [-0.39, 0.29) is 11.9 Å². The number of allylic oxidation sites excluding steroid dienone is 1. The lowest BCUT2D eigenvalue weighted by atomic mass is 9.91. The van der Waals surface area contributed by atoms with Crippen molar-refractivity contribution in [3.63, 3.8) is 0 Å². The molecule has 0 spiro atoms. The van der Waals surface area contributed by atoms with Gasteiger partial charge >= 0.3 is 0 Å². The van der Waals surface area contributed by atoms with Gasteiger partial charge in [-0.25, -0.2) is 0 Å². The Morgan fingerprint density at radius 2 is 1.89 bits per heavy atom. The summed E-state index contributed by atoms with van der Waals surface area (Å²) in [4.78, 5) is 11.8. The van der Waals surface area contributed by atoms with E-state index in [1.165, 1.54) is 5.56 Å². The molecule has 1 aliphatic heterocycles. The van der Waals surface area contributed by atoms with Gasteiger partial charge in [0.25, 0.3) is 0 Å². The van der Waals surface area contributed by atoms with Gasteiger partial charge in [-0.15, -0.1) is 0 Å². The highest BCUT2D eigenvalue weighted by Crippen LogP contribution is 2.33. The van der Waals surface area contributed by atoms with E-state index in [0.717, 1.165) is 58.2 Å². The summed E-state index contributed by atoms with van der Waals surface area (Å²) >= 11 is 0. The Hall–Kier alpha value is -3.68. The van der Waals surface area contributed by atoms with Gasteiger partial charge in [0.2, 0.25) is 0 Å². The standard InChI is InChI=1S/C32H33NO3/c1-5-24-18-26(23(4)34)9-11-30(24)21(2)17-25-7-6-8-31(22(25)3)27-10-12-32(28(19-27)20-33)36-29-13-15-35-16-14-29/h6-12,17-19,29H,5,13-16H2,1-4H3/b21-17+. The van der Waals surface area contributed by atoms with Crippen LogP contribution in [0.25, 0.3) is 22.8 Å². The number of Topliss-reactive ketones (excluding diaryl/α,β-unsaturated/α-hetero) is 1. The van der Waals surface area contributed by atoms with Gasteiger partial charge in [-0.2, -0.15) is 5.26 Å². The van der Waals surface area contributed by atoms with Gasteiger partial charge in [0.1, 0.15) is 17.9 Å². The van der Waals surface area contributed by atoms with Crippen LogP contribution in [0, 0.1) is 18.3 Å². The van der Waals surface area contributed by atoms with Crippen LogP contribution in [0.15, 0.2) is 54.6 Å². The summed E-state index contributed by atoms with van der Waals surface area (Å²) in [6.07, 6.45) is 4.84. The number of nitriles is 1. The molecule has 1 aliphatic rings. The molecule has 0 atom stereocenters. The first-order valence-corrected chi connectivity index (χ1v) is 12.6. The van der Waals surface area contributed by atoms with Crippen LogP contribution < -0.4 is 4.74 Å². The average Bonchev–Trinajstić information content (AvgIpc) is 2.90. The van der Waals surface area contributed by atoms with E-state index in [2.05, 4.69) is 57.2 Å². The first kappa shape index (κ1) is 25.4. The maximum Gasteiger partial charge on any atom is 0.159 e. The molecule has 184 valence electrons. The van der Waals surface area contributed by atoms with Crippen molar-refractivity contribution in [1.82, 2.24) is 0 Å². The van der Waals surface area contributed by atoms with E-state index < -0.39 is 0 Å². The van der Waals surface area contributed by atoms with E-state index in [0.29, 0.717) is 24.5 Å². The highest BCUT2D eigenvalue weighted by molar-refractivity contribution is 5.95. The van der Waals surface area contributed by atoms with Crippen molar-refractivity contribution in [3.05, 3.63) is 88.0 Å². The molecule has 4 nitrogen and oxygen atoms in total. The second-order valence-corrected chi connectivity index (χ2v) is 9.38. The van der Waals surface area contributed by atoms with Crippen LogP contribution >= 0.6 is 0 Å². The number of carbonyl (C=O) groups excluding carboxylic acids is 1. The van der Waals surface area contributed by atoms with Crippen molar-refractivity contribution < 1.29 is 14.3 Å². The number of benzene rings is 3. The number of carbonyl (C=O) groups is 1. The number of ketones is 1. The van der Waals surface area contributed by atoms with Crippen molar-refractivity contribution in [2.45, 2.75) is 53.1 Å². The summed E-state index contributed by atoms with van der Waals surface area (Å²) < 4.78 is 11.6. The summed E-state index contributed by atoms with van der Waals surface area (Å²) in [7, 11) is 0. The molecule has 4 rings (SSSR count). The van der Waals surface area contributed by atoms with Crippen LogP contribution in [0.1, 0.15) is 71.8 Å². The zero-order chi connectivity index (χ0) is 25.7. The molecule has 0 aromatic heterocycles. The molecule has 0 saturated carbocycles. The van der Waals surface area contributed by atoms with E-state index >= 15 is 0 Å². The van der Waals surface area contributed by atoms with E-state index in [9.17, 15) is 10.1 Å². The summed E-state index contributed by atoms with van der Waals surface area (Å²) in [6.45, 7) is 9.35. The lowest BCUT2D eigenvalue weighted by Gasteiger charge is -2.24.